The molecular weight excluding hydrogens is 320 g/mol. The van der Waals surface area contributed by atoms with E-state index in [2.05, 4.69) is 41.4 Å². The van der Waals surface area contributed by atoms with E-state index in [0.29, 0.717) is 0 Å². The summed E-state index contributed by atoms with van der Waals surface area (Å²) >= 11 is 0. The van der Waals surface area contributed by atoms with Crippen LogP contribution in [-0.4, -0.2) is 44.2 Å². The number of ether oxygens (including phenoxy) is 1. The number of benzene rings is 1. The molecule has 0 aromatic heterocycles. The van der Waals surface area contributed by atoms with E-state index in [0.717, 1.165) is 30.6 Å². The maximum absolute atomic E-state index is 6.00. The van der Waals surface area contributed by atoms with Gasteiger partial charge in [0.25, 0.3) is 0 Å². The van der Waals surface area contributed by atoms with Gasteiger partial charge in [0, 0.05) is 6.54 Å². The largest absolute Gasteiger partial charge is 0.494 e. The molecule has 0 spiro atoms. The molecule has 0 aliphatic carbocycles. The van der Waals surface area contributed by atoms with Gasteiger partial charge in [-0.05, 0) is 94.2 Å². The van der Waals surface area contributed by atoms with Crippen LogP contribution in [0.4, 0.5) is 0 Å². The van der Waals surface area contributed by atoms with Crippen LogP contribution in [0.25, 0.3) is 0 Å². The molecule has 0 saturated carbocycles. The van der Waals surface area contributed by atoms with Crippen molar-refractivity contribution < 1.29 is 4.74 Å². The Kier molecular flexibility index (Phi) is 8.28. The minimum Gasteiger partial charge on any atom is -0.494 e. The summed E-state index contributed by atoms with van der Waals surface area (Å²) in [6.45, 7) is 9.27. The van der Waals surface area contributed by atoms with Crippen LogP contribution in [0.15, 0.2) is 24.3 Å². The summed E-state index contributed by atoms with van der Waals surface area (Å²) in [5, 5.41) is 3.50. The van der Waals surface area contributed by atoms with E-state index >= 15 is 0 Å². The molecule has 1 aromatic carbocycles. The van der Waals surface area contributed by atoms with Gasteiger partial charge < -0.3 is 15.0 Å². The fraction of sp³-hybridized carbons (Fsp3) is 0.739. The van der Waals surface area contributed by atoms with Gasteiger partial charge in [-0.15, -0.1) is 0 Å². The molecule has 26 heavy (non-hydrogen) atoms. The SMILES string of the molecule is CCCC(c1ccc(OCCCN2CCCCC2)cc1)C1CCNCC1. The Morgan fingerprint density at radius 2 is 1.81 bits per heavy atom. The first kappa shape index (κ1) is 19.7. The highest BCUT2D eigenvalue weighted by Gasteiger charge is 2.24. The highest BCUT2D eigenvalue weighted by atomic mass is 16.5. The molecule has 2 saturated heterocycles. The molecule has 3 heteroatoms. The summed E-state index contributed by atoms with van der Waals surface area (Å²) in [5.41, 5.74) is 1.51. The minimum atomic E-state index is 0.718. The summed E-state index contributed by atoms with van der Waals surface area (Å²) in [7, 11) is 0. The third-order valence-electron chi connectivity index (χ3n) is 6.20. The van der Waals surface area contributed by atoms with Crippen LogP contribution < -0.4 is 10.1 Å². The molecule has 0 radical (unpaired) electrons. The molecule has 0 amide bonds. The van der Waals surface area contributed by atoms with Crippen molar-refractivity contribution in [3.8, 4) is 5.75 Å². The third-order valence-corrected chi connectivity index (χ3v) is 6.20. The van der Waals surface area contributed by atoms with Crippen molar-refractivity contribution >= 4 is 0 Å². The molecule has 2 fully saturated rings. The number of hydrogen-bond acceptors (Lipinski definition) is 3. The van der Waals surface area contributed by atoms with E-state index in [-0.39, 0.29) is 0 Å². The first-order valence-electron chi connectivity index (χ1n) is 11.0. The molecule has 1 atom stereocenters. The van der Waals surface area contributed by atoms with Crippen LogP contribution in [0.5, 0.6) is 5.75 Å². The highest BCUT2D eigenvalue weighted by Crippen LogP contribution is 2.35. The van der Waals surface area contributed by atoms with Crippen molar-refractivity contribution in [1.82, 2.24) is 10.2 Å². The first-order valence-corrected chi connectivity index (χ1v) is 11.0. The van der Waals surface area contributed by atoms with Gasteiger partial charge in [-0.3, -0.25) is 0 Å². The van der Waals surface area contributed by atoms with E-state index < -0.39 is 0 Å². The lowest BCUT2D eigenvalue weighted by Crippen LogP contribution is -2.31. The number of piperidine rings is 2. The van der Waals surface area contributed by atoms with Gasteiger partial charge in [0.05, 0.1) is 6.61 Å². The molecule has 2 aliphatic heterocycles. The second-order valence-corrected chi connectivity index (χ2v) is 8.16. The molecule has 3 rings (SSSR count). The van der Waals surface area contributed by atoms with Gasteiger partial charge in [-0.2, -0.15) is 0 Å². The molecule has 1 aromatic rings. The van der Waals surface area contributed by atoms with Gasteiger partial charge in [-0.25, -0.2) is 0 Å². The van der Waals surface area contributed by atoms with Crippen molar-refractivity contribution in [1.29, 1.82) is 0 Å². The Morgan fingerprint density at radius 1 is 1.08 bits per heavy atom. The van der Waals surface area contributed by atoms with Gasteiger partial charge >= 0.3 is 0 Å². The van der Waals surface area contributed by atoms with E-state index in [1.165, 1.54) is 83.2 Å². The predicted octanol–water partition coefficient (Wildman–Crippen LogP) is 4.82. The molecule has 3 nitrogen and oxygen atoms in total. The van der Waals surface area contributed by atoms with Crippen molar-refractivity contribution in [2.45, 2.75) is 64.2 Å². The second kappa shape index (κ2) is 10.9. The zero-order valence-electron chi connectivity index (χ0n) is 16.7. The molecule has 0 bridgehead atoms. The molecule has 1 N–H and O–H groups in total. The Balaban J connectivity index is 1.45. The summed E-state index contributed by atoms with van der Waals surface area (Å²) < 4.78 is 6.00. The molecular formula is C23H38N2O. The molecule has 2 heterocycles. The van der Waals surface area contributed by atoms with Crippen molar-refractivity contribution in [3.63, 3.8) is 0 Å². The maximum Gasteiger partial charge on any atom is 0.119 e. The lowest BCUT2D eigenvalue weighted by Gasteiger charge is -2.31. The van der Waals surface area contributed by atoms with Gasteiger partial charge in [0.15, 0.2) is 0 Å². The topological polar surface area (TPSA) is 24.5 Å². The molecule has 146 valence electrons. The van der Waals surface area contributed by atoms with E-state index in [1.807, 2.05) is 0 Å². The van der Waals surface area contributed by atoms with Crippen LogP contribution in [0.1, 0.15) is 69.8 Å². The standard InChI is InChI=1S/C23H38N2O/c1-2-7-23(21-12-14-24-15-13-21)20-8-10-22(11-9-20)26-19-6-18-25-16-4-3-5-17-25/h8-11,21,23-24H,2-7,12-19H2,1H3. The number of nitrogens with zero attached hydrogens (tertiary/aromatic N) is 1. The quantitative estimate of drug-likeness (QED) is 0.640. The summed E-state index contributed by atoms with van der Waals surface area (Å²) in [6, 6.07) is 9.03. The van der Waals surface area contributed by atoms with Crippen molar-refractivity contribution in [2.75, 3.05) is 39.3 Å². The van der Waals surface area contributed by atoms with Crippen LogP contribution in [0.2, 0.25) is 0 Å². The molecule has 1 unspecified atom stereocenters. The maximum atomic E-state index is 6.00. The first-order chi connectivity index (χ1) is 12.9. The Bertz CT molecular complexity index is 489. The van der Waals surface area contributed by atoms with E-state index in [1.54, 1.807) is 0 Å². The highest BCUT2D eigenvalue weighted by molar-refractivity contribution is 5.30. The lowest BCUT2D eigenvalue weighted by molar-refractivity contribution is 0.205. The zero-order valence-corrected chi connectivity index (χ0v) is 16.7. The van der Waals surface area contributed by atoms with Crippen molar-refractivity contribution in [3.05, 3.63) is 29.8 Å². The second-order valence-electron chi connectivity index (χ2n) is 8.16. The van der Waals surface area contributed by atoms with Crippen LogP contribution in [-0.2, 0) is 0 Å². The van der Waals surface area contributed by atoms with Crippen LogP contribution in [0, 0.1) is 5.92 Å². The van der Waals surface area contributed by atoms with E-state index in [9.17, 15) is 0 Å². The normalized spacial score (nSPS) is 20.8. The van der Waals surface area contributed by atoms with Gasteiger partial charge in [-0.1, -0.05) is 31.9 Å². The summed E-state index contributed by atoms with van der Waals surface area (Å²) in [4.78, 5) is 2.59. The Morgan fingerprint density at radius 3 is 2.50 bits per heavy atom. The fourth-order valence-electron chi connectivity index (χ4n) is 4.70. The van der Waals surface area contributed by atoms with Gasteiger partial charge in [0.1, 0.15) is 5.75 Å². The number of rotatable bonds is 9. The third kappa shape index (κ3) is 5.99. The van der Waals surface area contributed by atoms with Gasteiger partial charge in [0.2, 0.25) is 0 Å². The minimum absolute atomic E-state index is 0.718. The Hall–Kier alpha value is -1.06. The smallest absolute Gasteiger partial charge is 0.119 e. The number of hydrogen-bond donors (Lipinski definition) is 1. The zero-order chi connectivity index (χ0) is 18.0. The van der Waals surface area contributed by atoms with Crippen LogP contribution >= 0.6 is 0 Å². The number of nitrogens with one attached hydrogen (secondary N) is 1. The fourth-order valence-corrected chi connectivity index (χ4v) is 4.70. The number of likely N-dealkylation sites (tertiary alicyclic amines) is 1. The lowest BCUT2D eigenvalue weighted by atomic mass is 9.78. The Labute approximate surface area is 160 Å². The summed E-state index contributed by atoms with van der Waals surface area (Å²) in [5.74, 6) is 2.59. The molecule has 2 aliphatic rings. The monoisotopic (exact) mass is 358 g/mol. The summed E-state index contributed by atoms with van der Waals surface area (Å²) in [6.07, 6.45) is 10.5. The van der Waals surface area contributed by atoms with Crippen molar-refractivity contribution in [2.24, 2.45) is 5.92 Å². The average molecular weight is 359 g/mol. The predicted molar refractivity (Wildman–Crippen MR) is 110 cm³/mol. The average Bonchev–Trinajstić information content (AvgIpc) is 2.71. The van der Waals surface area contributed by atoms with Crippen LogP contribution in [0.3, 0.4) is 0 Å². The van der Waals surface area contributed by atoms with E-state index in [4.69, 9.17) is 4.74 Å².